The number of hydrogen-bond donors (Lipinski definition) is 1. The Morgan fingerprint density at radius 1 is 1.14 bits per heavy atom. The molecule has 1 saturated heterocycles. The topological polar surface area (TPSA) is 127 Å². The first-order valence-electron chi connectivity index (χ1n) is 11.5. The summed E-state index contributed by atoms with van der Waals surface area (Å²) in [5, 5.41) is 18.3. The fraction of sp³-hybridized carbons (Fsp3) is 0.391. The van der Waals surface area contributed by atoms with Crippen molar-refractivity contribution in [1.82, 2.24) is 30.0 Å². The summed E-state index contributed by atoms with van der Waals surface area (Å²) in [6.07, 6.45) is 1.79. The molecule has 182 valence electrons. The molecule has 5 rings (SSSR count). The quantitative estimate of drug-likeness (QED) is 0.366. The Morgan fingerprint density at radius 3 is 2.71 bits per heavy atom. The number of rotatable bonds is 8. The zero-order valence-corrected chi connectivity index (χ0v) is 20.1. The summed E-state index contributed by atoms with van der Waals surface area (Å²) in [4.78, 5) is 45.6. The minimum atomic E-state index is -1.14. The van der Waals surface area contributed by atoms with Crippen molar-refractivity contribution in [2.24, 2.45) is 0 Å². The fourth-order valence-corrected chi connectivity index (χ4v) is 5.07. The molecule has 4 aromatic rings. The molecule has 1 fully saturated rings. The predicted octanol–water partition coefficient (Wildman–Crippen LogP) is 2.25. The SMILES string of the molecule is CCc1cc2c(N3CCN(C(=O)CCCOn4nnc5ccccc54)CC3)nc(C(=O)O)nc2s1. The van der Waals surface area contributed by atoms with Gasteiger partial charge in [-0.15, -0.1) is 16.4 Å². The number of para-hydroxylation sites is 1. The number of aromatic carboxylic acids is 1. The summed E-state index contributed by atoms with van der Waals surface area (Å²) < 4.78 is 0. The number of anilines is 1. The van der Waals surface area contributed by atoms with E-state index in [0.717, 1.165) is 27.7 Å². The molecule has 1 amide bonds. The van der Waals surface area contributed by atoms with Gasteiger partial charge in [0, 0.05) is 37.5 Å². The van der Waals surface area contributed by atoms with Gasteiger partial charge in [-0.05, 0) is 36.3 Å². The Kier molecular flexibility index (Phi) is 6.45. The van der Waals surface area contributed by atoms with Crippen molar-refractivity contribution in [2.75, 3.05) is 37.7 Å². The van der Waals surface area contributed by atoms with Crippen LogP contribution in [0.25, 0.3) is 21.3 Å². The molecule has 0 aliphatic carbocycles. The van der Waals surface area contributed by atoms with Gasteiger partial charge >= 0.3 is 5.97 Å². The third-order valence-corrected chi connectivity index (χ3v) is 7.14. The molecular weight excluding hydrogens is 470 g/mol. The lowest BCUT2D eigenvalue weighted by atomic mass is 10.2. The first kappa shape index (κ1) is 23.0. The number of carbonyl (C=O) groups is 2. The van der Waals surface area contributed by atoms with E-state index in [1.807, 2.05) is 40.1 Å². The highest BCUT2D eigenvalue weighted by Gasteiger charge is 2.25. The van der Waals surface area contributed by atoms with Crippen LogP contribution < -0.4 is 9.74 Å². The number of fused-ring (bicyclic) bond motifs is 2. The first-order chi connectivity index (χ1) is 17.0. The number of aromatic nitrogens is 5. The average molecular weight is 496 g/mol. The van der Waals surface area contributed by atoms with Crippen LogP contribution in [-0.2, 0) is 11.2 Å². The molecule has 1 aromatic carbocycles. The number of amides is 1. The van der Waals surface area contributed by atoms with E-state index in [1.165, 1.54) is 16.2 Å². The maximum Gasteiger partial charge on any atom is 0.374 e. The van der Waals surface area contributed by atoms with E-state index in [9.17, 15) is 14.7 Å². The molecule has 12 heteroatoms. The molecule has 0 bridgehead atoms. The van der Waals surface area contributed by atoms with E-state index in [0.29, 0.717) is 56.3 Å². The third-order valence-electron chi connectivity index (χ3n) is 5.97. The standard InChI is InChI=1S/C23H25N7O4S/c1-2-15-14-16-21(24-20(23(32)33)25-22(16)35-15)29-11-9-28(10-12-29)19(31)8-5-13-34-30-18-7-4-3-6-17(18)26-27-30/h3-4,6-7,14H,2,5,8-13H2,1H3,(H,32,33). The van der Waals surface area contributed by atoms with Crippen LogP contribution in [0, 0.1) is 0 Å². The number of benzene rings is 1. The van der Waals surface area contributed by atoms with Crippen molar-refractivity contribution in [3.63, 3.8) is 0 Å². The number of thiophene rings is 1. The average Bonchev–Trinajstić information content (AvgIpc) is 3.50. The summed E-state index contributed by atoms with van der Waals surface area (Å²) in [5.74, 6) is -0.645. The highest BCUT2D eigenvalue weighted by molar-refractivity contribution is 7.18. The van der Waals surface area contributed by atoms with Gasteiger partial charge in [-0.2, -0.15) is 0 Å². The maximum absolute atomic E-state index is 12.7. The monoisotopic (exact) mass is 495 g/mol. The number of carbonyl (C=O) groups excluding carboxylic acids is 1. The van der Waals surface area contributed by atoms with Crippen LogP contribution in [0.2, 0.25) is 0 Å². The molecule has 0 spiro atoms. The molecule has 0 unspecified atom stereocenters. The van der Waals surface area contributed by atoms with E-state index in [-0.39, 0.29) is 11.7 Å². The van der Waals surface area contributed by atoms with E-state index in [2.05, 4.69) is 27.2 Å². The zero-order chi connectivity index (χ0) is 24.4. The van der Waals surface area contributed by atoms with E-state index < -0.39 is 5.97 Å². The van der Waals surface area contributed by atoms with Crippen molar-refractivity contribution in [2.45, 2.75) is 26.2 Å². The van der Waals surface area contributed by atoms with Gasteiger partial charge in [0.25, 0.3) is 0 Å². The van der Waals surface area contributed by atoms with Gasteiger partial charge in [-0.1, -0.05) is 23.9 Å². The molecule has 0 radical (unpaired) electrons. The van der Waals surface area contributed by atoms with Crippen LogP contribution >= 0.6 is 11.3 Å². The second kappa shape index (κ2) is 9.82. The minimum absolute atomic E-state index is 0.0690. The fourth-order valence-electron chi connectivity index (χ4n) is 4.11. The van der Waals surface area contributed by atoms with E-state index in [1.54, 1.807) is 0 Å². The van der Waals surface area contributed by atoms with Crippen molar-refractivity contribution in [1.29, 1.82) is 0 Å². The predicted molar refractivity (Wildman–Crippen MR) is 131 cm³/mol. The van der Waals surface area contributed by atoms with Gasteiger partial charge in [0.1, 0.15) is 28.3 Å². The number of hydrogen-bond acceptors (Lipinski definition) is 9. The molecule has 4 heterocycles. The Balaban J connectivity index is 1.16. The van der Waals surface area contributed by atoms with Crippen molar-refractivity contribution < 1.29 is 19.5 Å². The number of carboxylic acid groups (broad SMARTS) is 1. The largest absolute Gasteiger partial charge is 0.475 e. The minimum Gasteiger partial charge on any atom is -0.475 e. The normalized spacial score (nSPS) is 14.1. The lowest BCUT2D eigenvalue weighted by Crippen LogP contribution is -2.49. The van der Waals surface area contributed by atoms with Crippen LogP contribution in [0.1, 0.15) is 35.3 Å². The molecule has 11 nitrogen and oxygen atoms in total. The van der Waals surface area contributed by atoms with Crippen molar-refractivity contribution >= 4 is 50.3 Å². The Bertz CT molecular complexity index is 1380. The van der Waals surface area contributed by atoms with Crippen molar-refractivity contribution in [3.05, 3.63) is 41.0 Å². The second-order valence-electron chi connectivity index (χ2n) is 8.22. The summed E-state index contributed by atoms with van der Waals surface area (Å²) in [6, 6.07) is 9.56. The highest BCUT2D eigenvalue weighted by atomic mass is 32.1. The maximum atomic E-state index is 12.7. The summed E-state index contributed by atoms with van der Waals surface area (Å²) in [7, 11) is 0. The Morgan fingerprint density at radius 2 is 1.94 bits per heavy atom. The zero-order valence-electron chi connectivity index (χ0n) is 19.3. The highest BCUT2D eigenvalue weighted by Crippen LogP contribution is 2.32. The van der Waals surface area contributed by atoms with E-state index in [4.69, 9.17) is 4.84 Å². The van der Waals surface area contributed by atoms with Crippen molar-refractivity contribution in [3.8, 4) is 0 Å². The van der Waals surface area contributed by atoms with Gasteiger partial charge in [0.05, 0.1) is 5.39 Å². The van der Waals surface area contributed by atoms with Gasteiger partial charge in [0.2, 0.25) is 11.7 Å². The Labute approximate surface area is 204 Å². The van der Waals surface area contributed by atoms with Crippen LogP contribution in [-0.4, -0.2) is 79.8 Å². The van der Waals surface area contributed by atoms with Gasteiger partial charge in [-0.3, -0.25) is 4.79 Å². The van der Waals surface area contributed by atoms with Gasteiger partial charge < -0.3 is 19.7 Å². The molecule has 0 atom stereocenters. The number of piperazine rings is 1. The van der Waals surface area contributed by atoms with Crippen LogP contribution in [0.3, 0.4) is 0 Å². The lowest BCUT2D eigenvalue weighted by molar-refractivity contribution is -0.131. The number of carboxylic acids is 1. The second-order valence-corrected chi connectivity index (χ2v) is 9.33. The smallest absolute Gasteiger partial charge is 0.374 e. The van der Waals surface area contributed by atoms with Crippen LogP contribution in [0.4, 0.5) is 5.82 Å². The number of aryl methyl sites for hydroxylation is 1. The number of nitrogens with zero attached hydrogens (tertiary/aromatic N) is 7. The molecule has 0 saturated carbocycles. The van der Waals surface area contributed by atoms with Gasteiger partial charge in [-0.25, -0.2) is 14.8 Å². The lowest BCUT2D eigenvalue weighted by Gasteiger charge is -2.35. The summed E-state index contributed by atoms with van der Waals surface area (Å²) >= 11 is 1.50. The Hall–Kier alpha value is -3.80. The third kappa shape index (κ3) is 4.74. The molecule has 1 N–H and O–H groups in total. The molecular formula is C23H25N7O4S. The summed E-state index contributed by atoms with van der Waals surface area (Å²) in [6.45, 7) is 4.66. The molecule has 35 heavy (non-hydrogen) atoms. The first-order valence-corrected chi connectivity index (χ1v) is 12.4. The molecule has 3 aromatic heterocycles. The van der Waals surface area contributed by atoms with Crippen LogP contribution in [0.5, 0.6) is 0 Å². The summed E-state index contributed by atoms with van der Waals surface area (Å²) in [5.41, 5.74) is 1.54. The van der Waals surface area contributed by atoms with Crippen LogP contribution in [0.15, 0.2) is 30.3 Å². The molecule has 1 aliphatic heterocycles. The van der Waals surface area contributed by atoms with E-state index >= 15 is 0 Å². The molecule has 1 aliphatic rings. The van der Waals surface area contributed by atoms with Gasteiger partial charge in [0.15, 0.2) is 0 Å².